The summed E-state index contributed by atoms with van der Waals surface area (Å²) in [5.41, 5.74) is 3.39. The van der Waals surface area contributed by atoms with Gasteiger partial charge in [-0.25, -0.2) is 0 Å². The van der Waals surface area contributed by atoms with Crippen LogP contribution in [0, 0.1) is 11.8 Å². The molecule has 0 saturated carbocycles. The predicted molar refractivity (Wildman–Crippen MR) is 353 cm³/mol. The molecule has 6 aliphatic heterocycles. The van der Waals surface area contributed by atoms with E-state index < -0.39 is 57.4 Å². The molecule has 8 rings (SSSR count). The molecular weight excluding hydrogens is 1130 g/mol. The van der Waals surface area contributed by atoms with E-state index in [9.17, 15) is 0 Å². The van der Waals surface area contributed by atoms with Crippen LogP contribution >= 0.6 is 11.1 Å². The first-order chi connectivity index (χ1) is 37.8. The van der Waals surface area contributed by atoms with Gasteiger partial charge in [0.05, 0.1) is 69.7 Å². The number of pyridine rings is 2. The molecule has 8 heterocycles. The van der Waals surface area contributed by atoms with Gasteiger partial charge in [0.15, 0.2) is 16.6 Å². The standard InChI is InChI=1S/C18H24N2.C15H29BO4Si.C12H24B2O4.C9H18O2Si.C5H8O3.C3H9ClSi/c1-17(2,3)13-7-9-19-15(11-13)16-12-14(8-10-20-16)18(4,5)6;1-11-9-13(17-10-12(11)18-21(6,7)8)16-19-14(2,3)15(4,5)20-16;1-9(2)10(3,4)16-13(15-9)14-17-11(5,6)12(7,8)18-14;1-8-5-6-10-7-9(8)11-12(2,3)4;6-4-1-2-8-3-5(4)7;1-5(2,3)4/h7-12H,1-6H3;9,11-12H,10H2,1-8H3;1-8H3;5-6,8-9H,7H2,1-4H3;1-2,4-7H,3H2;1-3H3/t;11-,12-;;8-,9-;4-,5-;/m.1.11./s1. The lowest BCUT2D eigenvalue weighted by atomic mass is 9.49. The monoisotopic (exact) mass is 1240 g/mol. The average molecular weight is 1250 g/mol. The van der Waals surface area contributed by atoms with Gasteiger partial charge in [-0.3, -0.25) is 9.97 Å². The van der Waals surface area contributed by atoms with E-state index in [0.717, 1.165) is 17.0 Å². The van der Waals surface area contributed by atoms with Crippen molar-refractivity contribution in [2.24, 2.45) is 11.8 Å². The summed E-state index contributed by atoms with van der Waals surface area (Å²) in [5, 5.41) is 17.5. The highest BCUT2D eigenvalue weighted by atomic mass is 35.6. The Morgan fingerprint density at radius 3 is 1.19 bits per heavy atom. The Labute approximate surface area is 518 Å². The van der Waals surface area contributed by atoms with Crippen LogP contribution in [0.1, 0.15) is 150 Å². The molecule has 6 aliphatic rings. The normalized spacial score (nSPS) is 26.3. The van der Waals surface area contributed by atoms with Gasteiger partial charge >= 0.3 is 21.1 Å². The molecule has 2 aromatic rings. The van der Waals surface area contributed by atoms with E-state index in [4.69, 9.17) is 67.5 Å². The van der Waals surface area contributed by atoms with Crippen LogP contribution in [0.5, 0.6) is 0 Å². The third-order valence-corrected chi connectivity index (χ3v) is 17.6. The summed E-state index contributed by atoms with van der Waals surface area (Å²) < 4.78 is 63.8. The molecular formula is C62H112B3ClN2O13Si3. The van der Waals surface area contributed by atoms with E-state index in [1.807, 2.05) is 67.8 Å². The van der Waals surface area contributed by atoms with Gasteiger partial charge < -0.3 is 61.2 Å². The molecule has 0 aromatic carbocycles. The molecule has 84 heavy (non-hydrogen) atoms. The van der Waals surface area contributed by atoms with Crippen molar-refractivity contribution in [3.8, 4) is 11.4 Å². The van der Waals surface area contributed by atoms with Crippen molar-refractivity contribution in [3.05, 3.63) is 84.2 Å². The highest BCUT2D eigenvalue weighted by Crippen LogP contribution is 2.44. The molecule has 2 aromatic heterocycles. The van der Waals surface area contributed by atoms with Crippen LogP contribution in [0.15, 0.2) is 73.1 Å². The number of aromatic nitrogens is 2. The lowest BCUT2D eigenvalue weighted by Gasteiger charge is -2.33. The fourth-order valence-corrected chi connectivity index (χ4v) is 10.6. The molecule has 6 atom stereocenters. The number of aliphatic hydroxyl groups is 2. The van der Waals surface area contributed by atoms with Crippen LogP contribution in [-0.2, 0) is 61.8 Å². The minimum Gasteiger partial charge on any atom is -0.499 e. The van der Waals surface area contributed by atoms with Crippen molar-refractivity contribution in [2.45, 2.75) is 266 Å². The third-order valence-electron chi connectivity index (χ3n) is 15.6. The number of hydrogen-bond acceptors (Lipinski definition) is 15. The van der Waals surface area contributed by atoms with E-state index in [2.05, 4.69) is 193 Å². The number of rotatable bonds is 7. The Hall–Kier alpha value is -2.34. The Kier molecular flexibility index (Phi) is 26.3. The second-order valence-electron chi connectivity index (χ2n) is 30.8. The van der Waals surface area contributed by atoms with Crippen molar-refractivity contribution >= 4 is 56.2 Å². The topological polar surface area (TPSA) is 168 Å². The quantitative estimate of drug-likeness (QED) is 0.198. The van der Waals surface area contributed by atoms with Crippen molar-refractivity contribution in [2.75, 3.05) is 19.8 Å². The van der Waals surface area contributed by atoms with Crippen LogP contribution in [-0.4, -0.2) is 143 Å². The van der Waals surface area contributed by atoms with Crippen LogP contribution < -0.4 is 0 Å². The zero-order chi connectivity index (χ0) is 64.7. The molecule has 3 saturated heterocycles. The number of aliphatic hydroxyl groups excluding tert-OH is 2. The Balaban J connectivity index is 0.000000277. The second-order valence-corrected chi connectivity index (χ2v) is 47.2. The smallest absolute Gasteiger partial charge is 0.499 e. The van der Waals surface area contributed by atoms with Crippen molar-refractivity contribution in [1.82, 2.24) is 9.97 Å². The van der Waals surface area contributed by atoms with E-state index >= 15 is 0 Å². The van der Waals surface area contributed by atoms with E-state index in [0.29, 0.717) is 25.0 Å². The summed E-state index contributed by atoms with van der Waals surface area (Å²) >= 11 is 5.67. The average Bonchev–Trinajstić information content (AvgIpc) is 4.01. The SMILES string of the molecule is CC(C)(C)c1ccnc(-c2cc(C(C)(C)C)ccn2)c1.CC1(C)OB(B2OC(C)(C)C(C)(C)O2)OC1(C)C.C[C@@H]1C=C(B2OC(C)(C)C(C)(C)O2)OC[C@H]1O[Si](C)(C)C.C[C@@H]1C=COC[C@H]1O[Si](C)(C)C.C[Si](C)(C)Cl.O[C@@H]1C=COC[C@H]1O. The van der Waals surface area contributed by atoms with Gasteiger partial charge in [-0.15, -0.1) is 0 Å². The molecule has 0 amide bonds. The van der Waals surface area contributed by atoms with Gasteiger partial charge in [0.25, 0.3) is 0 Å². The van der Waals surface area contributed by atoms with Crippen LogP contribution in [0.25, 0.3) is 11.4 Å². The molecule has 0 radical (unpaired) electrons. The molecule has 0 spiro atoms. The Morgan fingerprint density at radius 1 is 0.536 bits per heavy atom. The largest absolute Gasteiger partial charge is 0.531 e. The first-order valence-corrected chi connectivity index (χ1v) is 41.4. The molecule has 0 bridgehead atoms. The first kappa shape index (κ1) is 75.9. The zero-order valence-corrected chi connectivity index (χ0v) is 61.1. The summed E-state index contributed by atoms with van der Waals surface area (Å²) in [7, 11) is -5.46. The van der Waals surface area contributed by atoms with Gasteiger partial charge in [0.2, 0.25) is 0 Å². The fourth-order valence-electron chi connectivity index (χ4n) is 8.24. The molecule has 2 N–H and O–H groups in total. The summed E-state index contributed by atoms with van der Waals surface area (Å²) in [5.74, 6) is 0.796. The minimum absolute atomic E-state index is 0.124. The van der Waals surface area contributed by atoms with Gasteiger partial charge in [0, 0.05) is 24.2 Å². The number of hydrogen-bond donors (Lipinski definition) is 2. The zero-order valence-electron chi connectivity index (χ0n) is 57.3. The van der Waals surface area contributed by atoms with E-state index in [-0.39, 0.29) is 63.3 Å². The Morgan fingerprint density at radius 2 is 0.881 bits per heavy atom. The molecule has 15 nitrogen and oxygen atoms in total. The van der Waals surface area contributed by atoms with Gasteiger partial charge in [-0.2, -0.15) is 11.1 Å². The fraction of sp³-hybridized carbons (Fsp3) is 0.742. The van der Waals surface area contributed by atoms with E-state index in [1.54, 1.807) is 6.26 Å². The van der Waals surface area contributed by atoms with Crippen LogP contribution in [0.2, 0.25) is 58.9 Å². The van der Waals surface area contributed by atoms with Crippen molar-refractivity contribution in [1.29, 1.82) is 0 Å². The second kappa shape index (κ2) is 29.1. The summed E-state index contributed by atoms with van der Waals surface area (Å²) in [4.78, 5) is 8.97. The molecule has 22 heteroatoms. The summed E-state index contributed by atoms with van der Waals surface area (Å²) in [6.07, 6.45) is 11.4. The third kappa shape index (κ3) is 23.9. The first-order valence-electron chi connectivity index (χ1n) is 30.1. The van der Waals surface area contributed by atoms with Crippen molar-refractivity contribution < 1.29 is 61.2 Å². The van der Waals surface area contributed by atoms with Crippen molar-refractivity contribution in [3.63, 3.8) is 0 Å². The van der Waals surface area contributed by atoms with Crippen LogP contribution in [0.3, 0.4) is 0 Å². The predicted octanol–water partition coefficient (Wildman–Crippen LogP) is 14.1. The minimum atomic E-state index is -1.56. The molecule has 0 aliphatic carbocycles. The maximum absolute atomic E-state index is 8.76. The lowest BCUT2D eigenvalue weighted by molar-refractivity contribution is -0.0108. The number of halogens is 1. The molecule has 476 valence electrons. The van der Waals surface area contributed by atoms with Crippen LogP contribution in [0.4, 0.5) is 0 Å². The maximum Gasteiger partial charge on any atom is 0.531 e. The van der Waals surface area contributed by atoms with Gasteiger partial charge in [-0.05, 0) is 187 Å². The van der Waals surface area contributed by atoms with Gasteiger partial charge in [0.1, 0.15) is 45.1 Å². The number of nitrogens with zero attached hydrogens (tertiary/aromatic N) is 2. The Bertz CT molecular complexity index is 2340. The summed E-state index contributed by atoms with van der Waals surface area (Å²) in [6.45, 7) is 63.0. The highest BCUT2D eigenvalue weighted by Gasteiger charge is 2.64. The van der Waals surface area contributed by atoms with E-state index in [1.165, 1.54) is 23.5 Å². The van der Waals surface area contributed by atoms with Gasteiger partial charge in [-0.1, -0.05) is 75.0 Å². The summed E-state index contributed by atoms with van der Waals surface area (Å²) in [6, 6.07) is 8.46. The number of ether oxygens (including phenoxy) is 3. The maximum atomic E-state index is 8.76. The highest BCUT2D eigenvalue weighted by molar-refractivity contribution is 7.18. The lowest BCUT2D eigenvalue weighted by Crippen LogP contribution is -2.41. The molecule has 3 fully saturated rings. The molecule has 0 unspecified atom stereocenters.